The summed E-state index contributed by atoms with van der Waals surface area (Å²) in [6, 6.07) is 0. The molecule has 0 aliphatic carbocycles. The topological polar surface area (TPSA) is 102 Å². The van der Waals surface area contributed by atoms with Crippen LogP contribution in [0, 0.1) is 0 Å². The van der Waals surface area contributed by atoms with Crippen molar-refractivity contribution in [3.8, 4) is 0 Å². The molecule has 136 valence electrons. The van der Waals surface area contributed by atoms with Crippen LogP contribution in [0.1, 0.15) is 53.4 Å². The quantitative estimate of drug-likeness (QED) is 0.470. The lowest BCUT2D eigenvalue weighted by Crippen LogP contribution is -2.32. The van der Waals surface area contributed by atoms with E-state index in [9.17, 15) is 9.59 Å². The van der Waals surface area contributed by atoms with Crippen molar-refractivity contribution in [3.63, 3.8) is 0 Å². The van der Waals surface area contributed by atoms with E-state index in [1.54, 1.807) is 0 Å². The lowest BCUT2D eigenvalue weighted by Gasteiger charge is -2.29. The maximum Gasteiger partial charge on any atom is 0.305 e. The number of rotatable bonds is 14. The van der Waals surface area contributed by atoms with Crippen molar-refractivity contribution in [2.24, 2.45) is 0 Å². The van der Waals surface area contributed by atoms with Crippen molar-refractivity contribution in [2.75, 3.05) is 26.4 Å². The van der Waals surface area contributed by atoms with E-state index in [0.29, 0.717) is 26.1 Å². The third-order valence-corrected chi connectivity index (χ3v) is 3.31. The van der Waals surface area contributed by atoms with Crippen molar-refractivity contribution in [1.29, 1.82) is 0 Å². The Morgan fingerprint density at radius 1 is 0.739 bits per heavy atom. The SMILES string of the molecule is CC(C)(CCOCCC(=O)O)OCCC(C)(C)OCCC(=O)O. The van der Waals surface area contributed by atoms with Gasteiger partial charge in [0.2, 0.25) is 0 Å². The van der Waals surface area contributed by atoms with Gasteiger partial charge in [0.1, 0.15) is 0 Å². The summed E-state index contributed by atoms with van der Waals surface area (Å²) in [4.78, 5) is 20.8. The molecule has 0 aliphatic heterocycles. The Labute approximate surface area is 137 Å². The van der Waals surface area contributed by atoms with Crippen LogP contribution in [0.25, 0.3) is 0 Å². The van der Waals surface area contributed by atoms with Crippen molar-refractivity contribution in [1.82, 2.24) is 0 Å². The van der Waals surface area contributed by atoms with Gasteiger partial charge in [-0.05, 0) is 40.5 Å². The lowest BCUT2D eigenvalue weighted by molar-refractivity contribution is -0.140. The first-order chi connectivity index (χ1) is 10.5. The van der Waals surface area contributed by atoms with Crippen LogP contribution in [0.4, 0.5) is 0 Å². The number of hydrogen-bond donors (Lipinski definition) is 2. The molecule has 0 aromatic carbocycles. The maximum atomic E-state index is 10.5. The molecule has 0 aliphatic rings. The molecule has 0 atom stereocenters. The highest BCUT2D eigenvalue weighted by atomic mass is 16.5. The van der Waals surface area contributed by atoms with Gasteiger partial charge < -0.3 is 24.4 Å². The molecule has 2 N–H and O–H groups in total. The Balaban J connectivity index is 3.85. The Hall–Kier alpha value is -1.18. The molecule has 7 nitrogen and oxygen atoms in total. The summed E-state index contributed by atoms with van der Waals surface area (Å²) in [6.45, 7) is 9.03. The zero-order chi connectivity index (χ0) is 17.9. The van der Waals surface area contributed by atoms with Gasteiger partial charge in [-0.3, -0.25) is 9.59 Å². The summed E-state index contributed by atoms with van der Waals surface area (Å²) in [5, 5.41) is 17.1. The molecule has 7 heteroatoms. The summed E-state index contributed by atoms with van der Waals surface area (Å²) >= 11 is 0. The minimum Gasteiger partial charge on any atom is -0.481 e. The van der Waals surface area contributed by atoms with Crippen molar-refractivity contribution in [3.05, 3.63) is 0 Å². The molecule has 0 fully saturated rings. The van der Waals surface area contributed by atoms with Gasteiger partial charge in [-0.25, -0.2) is 0 Å². The largest absolute Gasteiger partial charge is 0.481 e. The van der Waals surface area contributed by atoms with Gasteiger partial charge in [-0.2, -0.15) is 0 Å². The summed E-state index contributed by atoms with van der Waals surface area (Å²) in [5.74, 6) is -1.74. The molecule has 0 saturated carbocycles. The van der Waals surface area contributed by atoms with Gasteiger partial charge in [-0.15, -0.1) is 0 Å². The molecule has 0 aromatic rings. The minimum atomic E-state index is -0.874. The van der Waals surface area contributed by atoms with Gasteiger partial charge in [-0.1, -0.05) is 0 Å². The average molecular weight is 334 g/mol. The maximum absolute atomic E-state index is 10.5. The highest BCUT2D eigenvalue weighted by Gasteiger charge is 2.23. The second-order valence-corrected chi connectivity index (χ2v) is 6.62. The first-order valence-corrected chi connectivity index (χ1v) is 7.83. The van der Waals surface area contributed by atoms with E-state index in [-0.39, 0.29) is 31.7 Å². The van der Waals surface area contributed by atoms with E-state index in [0.717, 1.165) is 0 Å². The standard InChI is InChI=1S/C16H30O7/c1-15(2,7-11-21-9-5-13(17)18)23-12-8-16(3,4)22-10-6-14(19)20/h5-12H2,1-4H3,(H,17,18)(H,19,20). The molecule has 0 unspecified atom stereocenters. The van der Waals surface area contributed by atoms with Crippen LogP contribution < -0.4 is 0 Å². The second kappa shape index (κ2) is 10.6. The Morgan fingerprint density at radius 3 is 1.70 bits per heavy atom. The number of aliphatic carboxylic acids is 2. The number of carbonyl (C=O) groups is 2. The van der Waals surface area contributed by atoms with Crippen LogP contribution in [0.5, 0.6) is 0 Å². The second-order valence-electron chi connectivity index (χ2n) is 6.62. The summed E-state index contributed by atoms with van der Waals surface area (Å²) in [6.07, 6.45) is 1.30. The van der Waals surface area contributed by atoms with Crippen LogP contribution in [-0.2, 0) is 23.8 Å². The minimum absolute atomic E-state index is 0.00313. The molecular weight excluding hydrogens is 304 g/mol. The fraction of sp³-hybridized carbons (Fsp3) is 0.875. The zero-order valence-corrected chi connectivity index (χ0v) is 14.6. The van der Waals surface area contributed by atoms with E-state index in [4.69, 9.17) is 24.4 Å². The van der Waals surface area contributed by atoms with E-state index < -0.39 is 17.5 Å². The molecule has 0 aromatic heterocycles. The smallest absolute Gasteiger partial charge is 0.305 e. The first kappa shape index (κ1) is 21.8. The van der Waals surface area contributed by atoms with Crippen LogP contribution in [0.3, 0.4) is 0 Å². The van der Waals surface area contributed by atoms with Gasteiger partial charge >= 0.3 is 11.9 Å². The number of carboxylic acid groups (broad SMARTS) is 2. The van der Waals surface area contributed by atoms with E-state index in [1.165, 1.54) is 0 Å². The monoisotopic (exact) mass is 334 g/mol. The normalized spacial score (nSPS) is 12.3. The van der Waals surface area contributed by atoms with Crippen LogP contribution >= 0.6 is 0 Å². The Bertz CT molecular complexity index is 363. The lowest BCUT2D eigenvalue weighted by atomic mass is 10.0. The van der Waals surface area contributed by atoms with Gasteiger partial charge in [0.15, 0.2) is 0 Å². The highest BCUT2D eigenvalue weighted by molar-refractivity contribution is 5.67. The summed E-state index contributed by atoms with van der Waals surface area (Å²) in [5.41, 5.74) is -0.816. The first-order valence-electron chi connectivity index (χ1n) is 7.83. The molecule has 0 radical (unpaired) electrons. The van der Waals surface area contributed by atoms with Crippen LogP contribution in [-0.4, -0.2) is 59.8 Å². The fourth-order valence-electron chi connectivity index (χ4n) is 1.71. The third kappa shape index (κ3) is 14.2. The molecule has 0 spiro atoms. The molecule has 0 rings (SSSR count). The van der Waals surface area contributed by atoms with Crippen LogP contribution in [0.2, 0.25) is 0 Å². The van der Waals surface area contributed by atoms with Gasteiger partial charge in [0, 0.05) is 6.61 Å². The van der Waals surface area contributed by atoms with Crippen molar-refractivity contribution in [2.45, 2.75) is 64.6 Å². The molecule has 0 bridgehead atoms. The molecule has 0 heterocycles. The third-order valence-electron chi connectivity index (χ3n) is 3.31. The summed E-state index contributed by atoms with van der Waals surface area (Å²) in [7, 11) is 0. The Morgan fingerprint density at radius 2 is 1.17 bits per heavy atom. The predicted molar refractivity (Wildman–Crippen MR) is 84.6 cm³/mol. The van der Waals surface area contributed by atoms with E-state index in [2.05, 4.69) is 0 Å². The summed E-state index contributed by atoms with van der Waals surface area (Å²) < 4.78 is 16.6. The molecule has 23 heavy (non-hydrogen) atoms. The number of ether oxygens (including phenoxy) is 3. The van der Waals surface area contributed by atoms with Gasteiger partial charge in [0.25, 0.3) is 0 Å². The molecule has 0 saturated heterocycles. The molecule has 0 amide bonds. The molecular formula is C16H30O7. The van der Waals surface area contributed by atoms with Gasteiger partial charge in [0.05, 0.1) is 43.9 Å². The number of carboxylic acids is 2. The van der Waals surface area contributed by atoms with Crippen LogP contribution in [0.15, 0.2) is 0 Å². The zero-order valence-electron chi connectivity index (χ0n) is 14.6. The van der Waals surface area contributed by atoms with E-state index >= 15 is 0 Å². The van der Waals surface area contributed by atoms with E-state index in [1.807, 2.05) is 27.7 Å². The Kier molecular flexibility index (Phi) is 10.0. The fourth-order valence-corrected chi connectivity index (χ4v) is 1.71. The number of hydrogen-bond acceptors (Lipinski definition) is 5. The predicted octanol–water partition coefficient (Wildman–Crippen LogP) is 2.32. The van der Waals surface area contributed by atoms with Crippen molar-refractivity contribution < 1.29 is 34.0 Å². The average Bonchev–Trinajstić information content (AvgIpc) is 2.36. The van der Waals surface area contributed by atoms with Crippen molar-refractivity contribution >= 4 is 11.9 Å². The highest BCUT2D eigenvalue weighted by Crippen LogP contribution is 2.19.